The molecule has 0 aromatic heterocycles. The third-order valence-electron chi connectivity index (χ3n) is 4.16. The minimum atomic E-state index is -3.58. The summed E-state index contributed by atoms with van der Waals surface area (Å²) in [7, 11) is -3.58. The highest BCUT2D eigenvalue weighted by Crippen LogP contribution is 2.24. The van der Waals surface area contributed by atoms with Crippen LogP contribution >= 0.6 is 11.6 Å². The number of sulfonamides is 1. The van der Waals surface area contributed by atoms with E-state index in [1.165, 1.54) is 0 Å². The number of carbonyl (C=O) groups excluding carboxylic acids is 1. The average molecular weight is 395 g/mol. The Bertz CT molecular complexity index is 897. The third-order valence-corrected chi connectivity index (χ3v) is 5.52. The van der Waals surface area contributed by atoms with E-state index < -0.39 is 10.0 Å². The van der Waals surface area contributed by atoms with Crippen LogP contribution < -0.4 is 9.62 Å². The van der Waals surface area contributed by atoms with Crippen LogP contribution in [0.15, 0.2) is 42.5 Å². The van der Waals surface area contributed by atoms with Gasteiger partial charge >= 0.3 is 0 Å². The molecule has 0 heterocycles. The number of anilines is 1. The predicted octanol–water partition coefficient (Wildman–Crippen LogP) is 3.08. The van der Waals surface area contributed by atoms with Gasteiger partial charge in [-0.3, -0.25) is 9.10 Å². The van der Waals surface area contributed by atoms with E-state index >= 15 is 0 Å². The van der Waals surface area contributed by atoms with Crippen molar-refractivity contribution < 1.29 is 13.2 Å². The number of carbonyl (C=O) groups is 1. The van der Waals surface area contributed by atoms with Crippen LogP contribution in [0.25, 0.3) is 0 Å². The second-order valence-corrected chi connectivity index (χ2v) is 8.56. The first kappa shape index (κ1) is 20.3. The summed E-state index contributed by atoms with van der Waals surface area (Å²) in [5.41, 5.74) is 3.34. The number of hydrogen-bond acceptors (Lipinski definition) is 3. The minimum absolute atomic E-state index is 0.251. The van der Waals surface area contributed by atoms with Crippen LogP contribution in [-0.2, 0) is 21.2 Å². The van der Waals surface area contributed by atoms with E-state index in [9.17, 15) is 13.2 Å². The van der Waals surface area contributed by atoms with E-state index in [0.717, 1.165) is 27.3 Å². The van der Waals surface area contributed by atoms with Crippen LogP contribution in [0, 0.1) is 13.8 Å². The molecule has 26 heavy (non-hydrogen) atoms. The van der Waals surface area contributed by atoms with Crippen LogP contribution in [0.4, 0.5) is 5.69 Å². The maximum absolute atomic E-state index is 12.3. The van der Waals surface area contributed by atoms with Gasteiger partial charge in [0.1, 0.15) is 6.54 Å². The van der Waals surface area contributed by atoms with Gasteiger partial charge in [0.05, 0.1) is 11.9 Å². The van der Waals surface area contributed by atoms with Crippen LogP contribution in [-0.4, -0.2) is 33.7 Å². The molecule has 5 nitrogen and oxygen atoms in total. The fourth-order valence-electron chi connectivity index (χ4n) is 2.61. The molecule has 0 unspecified atom stereocenters. The topological polar surface area (TPSA) is 66.5 Å². The molecule has 140 valence electrons. The smallest absolute Gasteiger partial charge is 0.240 e. The zero-order chi connectivity index (χ0) is 19.3. The molecule has 0 spiro atoms. The number of halogens is 1. The summed E-state index contributed by atoms with van der Waals surface area (Å²) >= 11 is 5.94. The highest BCUT2D eigenvalue weighted by atomic mass is 35.5. The molecule has 7 heteroatoms. The average Bonchev–Trinajstić information content (AvgIpc) is 2.55. The number of rotatable bonds is 7. The van der Waals surface area contributed by atoms with Crippen molar-refractivity contribution in [2.24, 2.45) is 0 Å². The van der Waals surface area contributed by atoms with Gasteiger partial charge in [-0.1, -0.05) is 35.9 Å². The summed E-state index contributed by atoms with van der Waals surface area (Å²) in [5, 5.41) is 3.41. The van der Waals surface area contributed by atoms with Crippen molar-refractivity contribution in [3.05, 3.63) is 64.2 Å². The second kappa shape index (κ2) is 8.56. The Morgan fingerprint density at radius 2 is 1.85 bits per heavy atom. The number of nitrogens with one attached hydrogen (secondary N) is 1. The number of benzene rings is 2. The van der Waals surface area contributed by atoms with Gasteiger partial charge in [-0.25, -0.2) is 8.42 Å². The lowest BCUT2D eigenvalue weighted by Gasteiger charge is -2.24. The Morgan fingerprint density at radius 3 is 2.50 bits per heavy atom. The maximum Gasteiger partial charge on any atom is 0.240 e. The quantitative estimate of drug-likeness (QED) is 0.784. The molecule has 0 aliphatic rings. The van der Waals surface area contributed by atoms with Crippen molar-refractivity contribution in [2.75, 3.05) is 23.7 Å². The molecule has 2 rings (SSSR count). The summed E-state index contributed by atoms with van der Waals surface area (Å²) in [5.74, 6) is -0.349. The Kier molecular flexibility index (Phi) is 6.67. The van der Waals surface area contributed by atoms with Gasteiger partial charge in [0, 0.05) is 11.6 Å². The van der Waals surface area contributed by atoms with Gasteiger partial charge < -0.3 is 5.32 Å². The van der Waals surface area contributed by atoms with Crippen molar-refractivity contribution in [2.45, 2.75) is 20.3 Å². The van der Waals surface area contributed by atoms with Crippen LogP contribution in [0.2, 0.25) is 5.02 Å². The molecule has 1 amide bonds. The molecule has 1 N–H and O–H groups in total. The largest absolute Gasteiger partial charge is 0.354 e. The van der Waals surface area contributed by atoms with E-state index in [1.807, 2.05) is 38.1 Å². The van der Waals surface area contributed by atoms with Crippen LogP contribution in [0.3, 0.4) is 0 Å². The summed E-state index contributed by atoms with van der Waals surface area (Å²) in [6, 6.07) is 12.8. The summed E-state index contributed by atoms with van der Waals surface area (Å²) in [4.78, 5) is 12.3. The lowest BCUT2D eigenvalue weighted by Crippen LogP contribution is -2.41. The fraction of sp³-hybridized carbons (Fsp3) is 0.316. The van der Waals surface area contributed by atoms with E-state index in [1.54, 1.807) is 18.2 Å². The molecular weight excluding hydrogens is 372 g/mol. The molecule has 0 aliphatic heterocycles. The second-order valence-electron chi connectivity index (χ2n) is 6.22. The molecule has 0 radical (unpaired) electrons. The number of aryl methyl sites for hydroxylation is 1. The zero-order valence-corrected chi connectivity index (χ0v) is 16.7. The predicted molar refractivity (Wildman–Crippen MR) is 106 cm³/mol. The van der Waals surface area contributed by atoms with Crippen molar-refractivity contribution in [1.29, 1.82) is 0 Å². The number of amides is 1. The van der Waals surface area contributed by atoms with Crippen molar-refractivity contribution >= 4 is 33.2 Å². The Hall–Kier alpha value is -2.05. The van der Waals surface area contributed by atoms with Crippen LogP contribution in [0.5, 0.6) is 0 Å². The normalized spacial score (nSPS) is 11.2. The molecule has 2 aromatic rings. The molecule has 0 bridgehead atoms. The lowest BCUT2D eigenvalue weighted by atomic mass is 10.1. The maximum atomic E-state index is 12.3. The first-order valence-corrected chi connectivity index (χ1v) is 10.5. The number of nitrogens with zero attached hydrogens (tertiary/aromatic N) is 1. The van der Waals surface area contributed by atoms with E-state index in [4.69, 9.17) is 11.6 Å². The SMILES string of the molecule is Cc1cccc(N(CC(=O)NCCc2cccc(Cl)c2)S(C)(=O)=O)c1C. The molecular formula is C19H23ClN2O3S. The Balaban J connectivity index is 2.04. The van der Waals surface area contributed by atoms with Gasteiger partial charge in [-0.05, 0) is 55.2 Å². The fourth-order valence-corrected chi connectivity index (χ4v) is 3.73. The summed E-state index contributed by atoms with van der Waals surface area (Å²) in [6.07, 6.45) is 1.72. The Morgan fingerprint density at radius 1 is 1.15 bits per heavy atom. The first-order chi connectivity index (χ1) is 12.2. The van der Waals surface area contributed by atoms with E-state index in [0.29, 0.717) is 23.7 Å². The number of hydrogen-bond donors (Lipinski definition) is 1. The highest BCUT2D eigenvalue weighted by Gasteiger charge is 2.22. The molecule has 2 aromatic carbocycles. The molecule has 0 atom stereocenters. The molecule has 0 aliphatic carbocycles. The monoisotopic (exact) mass is 394 g/mol. The van der Waals surface area contributed by atoms with Crippen LogP contribution in [0.1, 0.15) is 16.7 Å². The highest BCUT2D eigenvalue weighted by molar-refractivity contribution is 7.92. The Labute approximate surface area is 160 Å². The zero-order valence-electron chi connectivity index (χ0n) is 15.1. The van der Waals surface area contributed by atoms with Gasteiger partial charge in [0.25, 0.3) is 0 Å². The van der Waals surface area contributed by atoms with Crippen molar-refractivity contribution in [1.82, 2.24) is 5.32 Å². The summed E-state index contributed by atoms with van der Waals surface area (Å²) < 4.78 is 25.5. The lowest BCUT2D eigenvalue weighted by molar-refractivity contribution is -0.119. The van der Waals surface area contributed by atoms with E-state index in [2.05, 4.69) is 5.32 Å². The standard InChI is InChI=1S/C19H23ClN2O3S/c1-14-6-4-9-18(15(14)2)22(26(3,24)25)13-19(23)21-11-10-16-7-5-8-17(20)12-16/h4-9,12H,10-11,13H2,1-3H3,(H,21,23). The van der Waals surface area contributed by atoms with Crippen molar-refractivity contribution in [3.8, 4) is 0 Å². The van der Waals surface area contributed by atoms with Gasteiger partial charge in [-0.2, -0.15) is 0 Å². The van der Waals surface area contributed by atoms with Crippen molar-refractivity contribution in [3.63, 3.8) is 0 Å². The van der Waals surface area contributed by atoms with Gasteiger partial charge in [0.2, 0.25) is 15.9 Å². The molecule has 0 saturated carbocycles. The van der Waals surface area contributed by atoms with Gasteiger partial charge in [0.15, 0.2) is 0 Å². The van der Waals surface area contributed by atoms with Gasteiger partial charge in [-0.15, -0.1) is 0 Å². The van der Waals surface area contributed by atoms with E-state index in [-0.39, 0.29) is 12.5 Å². The third kappa shape index (κ3) is 5.47. The molecule has 0 fully saturated rings. The minimum Gasteiger partial charge on any atom is -0.354 e. The molecule has 0 saturated heterocycles. The first-order valence-electron chi connectivity index (χ1n) is 8.23. The summed E-state index contributed by atoms with van der Waals surface area (Å²) in [6.45, 7) is 3.91.